The molecular weight excluding hydrogens is 216 g/mol. The van der Waals surface area contributed by atoms with E-state index >= 15 is 0 Å². The Hall–Kier alpha value is -0.780. The van der Waals surface area contributed by atoms with E-state index < -0.39 is 0 Å². The van der Waals surface area contributed by atoms with Gasteiger partial charge in [-0.3, -0.25) is 0 Å². The van der Waals surface area contributed by atoms with Gasteiger partial charge in [-0.2, -0.15) is 0 Å². The fourth-order valence-electron chi connectivity index (χ4n) is 3.36. The van der Waals surface area contributed by atoms with Gasteiger partial charge in [0.15, 0.2) is 0 Å². The summed E-state index contributed by atoms with van der Waals surface area (Å²) in [5.74, 6) is 0.712. The summed E-state index contributed by atoms with van der Waals surface area (Å²) in [7, 11) is 0. The predicted octanol–water partition coefficient (Wildman–Crippen LogP) is 5.85. The number of aryl methyl sites for hydroxylation is 1. The highest BCUT2D eigenvalue weighted by Gasteiger charge is 2.26. The van der Waals surface area contributed by atoms with Crippen LogP contribution in [-0.2, 0) is 0 Å². The van der Waals surface area contributed by atoms with Crippen LogP contribution in [0.1, 0.15) is 75.8 Å². The highest BCUT2D eigenvalue weighted by atomic mass is 14.3. The van der Waals surface area contributed by atoms with Crippen LogP contribution in [0.2, 0.25) is 0 Å². The minimum atomic E-state index is 0.635. The summed E-state index contributed by atoms with van der Waals surface area (Å²) in [5.41, 5.74) is 3.55. The normalized spacial score (nSPS) is 20.6. The van der Waals surface area contributed by atoms with Gasteiger partial charge in [-0.05, 0) is 49.5 Å². The minimum absolute atomic E-state index is 0.635. The molecule has 1 aromatic rings. The molecule has 1 saturated carbocycles. The van der Waals surface area contributed by atoms with Gasteiger partial charge in [0.1, 0.15) is 0 Å². The fourth-order valence-corrected chi connectivity index (χ4v) is 3.36. The molecule has 2 rings (SSSR count). The van der Waals surface area contributed by atoms with Crippen molar-refractivity contribution in [3.8, 4) is 0 Å². The monoisotopic (exact) mass is 244 g/mol. The Labute approximate surface area is 113 Å². The third-order valence-electron chi connectivity index (χ3n) is 4.85. The van der Waals surface area contributed by atoms with Gasteiger partial charge in [0.2, 0.25) is 0 Å². The van der Waals surface area contributed by atoms with Crippen LogP contribution in [0.25, 0.3) is 0 Å². The third kappa shape index (κ3) is 3.60. The van der Waals surface area contributed by atoms with Crippen molar-refractivity contribution < 1.29 is 0 Å². The molecule has 18 heavy (non-hydrogen) atoms. The van der Waals surface area contributed by atoms with Crippen molar-refractivity contribution in [2.45, 2.75) is 71.6 Å². The highest BCUT2D eigenvalue weighted by molar-refractivity contribution is 5.24. The molecule has 0 nitrogen and oxygen atoms in total. The van der Waals surface area contributed by atoms with E-state index in [1.165, 1.54) is 56.1 Å². The zero-order valence-electron chi connectivity index (χ0n) is 12.3. The van der Waals surface area contributed by atoms with E-state index in [9.17, 15) is 0 Å². The molecule has 0 heterocycles. The van der Waals surface area contributed by atoms with Crippen LogP contribution < -0.4 is 0 Å². The van der Waals surface area contributed by atoms with Crippen LogP contribution in [0.4, 0.5) is 0 Å². The highest BCUT2D eigenvalue weighted by Crippen LogP contribution is 2.41. The molecule has 0 aromatic heterocycles. The molecule has 0 N–H and O–H groups in total. The van der Waals surface area contributed by atoms with Crippen molar-refractivity contribution in [3.63, 3.8) is 0 Å². The lowest BCUT2D eigenvalue weighted by Gasteiger charge is -2.34. The van der Waals surface area contributed by atoms with Gasteiger partial charge in [-0.1, -0.05) is 62.9 Å². The first-order valence-corrected chi connectivity index (χ1v) is 7.66. The molecule has 0 spiro atoms. The average molecular weight is 244 g/mol. The lowest BCUT2D eigenvalue weighted by molar-refractivity contribution is 0.190. The lowest BCUT2D eigenvalue weighted by Crippen LogP contribution is -2.20. The second kappa shape index (κ2) is 5.91. The largest absolute Gasteiger partial charge is 0.0617 e. The van der Waals surface area contributed by atoms with E-state index in [1.54, 1.807) is 0 Å². The molecule has 1 aromatic carbocycles. The van der Waals surface area contributed by atoms with Gasteiger partial charge in [-0.25, -0.2) is 0 Å². The summed E-state index contributed by atoms with van der Waals surface area (Å²) < 4.78 is 0. The van der Waals surface area contributed by atoms with Crippen LogP contribution in [0.3, 0.4) is 0 Å². The topological polar surface area (TPSA) is 0 Å². The number of hydrogen-bond acceptors (Lipinski definition) is 0. The Morgan fingerprint density at radius 2 is 1.89 bits per heavy atom. The molecule has 0 aliphatic heterocycles. The van der Waals surface area contributed by atoms with E-state index in [-0.39, 0.29) is 0 Å². The molecule has 1 aliphatic rings. The average Bonchev–Trinajstić information content (AvgIpc) is 2.37. The molecule has 1 unspecified atom stereocenters. The van der Waals surface area contributed by atoms with Gasteiger partial charge in [-0.15, -0.1) is 0 Å². The standard InChI is InChI=1S/C18H28/c1-15-8-7-9-17(14-15)16(2)10-13-18(3)11-5-4-6-12-18/h7-9,14,16H,4-6,10-13H2,1-3H3. The Balaban J connectivity index is 1.89. The van der Waals surface area contributed by atoms with E-state index in [2.05, 4.69) is 45.0 Å². The van der Waals surface area contributed by atoms with E-state index in [4.69, 9.17) is 0 Å². The molecule has 0 radical (unpaired) electrons. The van der Waals surface area contributed by atoms with E-state index in [1.807, 2.05) is 0 Å². The summed E-state index contributed by atoms with van der Waals surface area (Å²) in [6.45, 7) is 7.09. The van der Waals surface area contributed by atoms with Gasteiger partial charge in [0.05, 0.1) is 0 Å². The van der Waals surface area contributed by atoms with Crippen molar-refractivity contribution >= 4 is 0 Å². The van der Waals surface area contributed by atoms with Crippen molar-refractivity contribution in [2.24, 2.45) is 5.41 Å². The van der Waals surface area contributed by atoms with E-state index in [0.29, 0.717) is 11.3 Å². The van der Waals surface area contributed by atoms with Crippen LogP contribution in [0, 0.1) is 12.3 Å². The quantitative estimate of drug-likeness (QED) is 0.623. The zero-order chi connectivity index (χ0) is 13.0. The van der Waals surface area contributed by atoms with Crippen molar-refractivity contribution in [2.75, 3.05) is 0 Å². The number of rotatable bonds is 4. The maximum Gasteiger partial charge on any atom is -0.0190 e. The summed E-state index contributed by atoms with van der Waals surface area (Å²) in [5, 5.41) is 0. The predicted molar refractivity (Wildman–Crippen MR) is 80.0 cm³/mol. The second-order valence-electron chi connectivity index (χ2n) is 6.73. The smallest absolute Gasteiger partial charge is 0.0190 e. The van der Waals surface area contributed by atoms with Crippen molar-refractivity contribution in [3.05, 3.63) is 35.4 Å². The zero-order valence-corrected chi connectivity index (χ0v) is 12.3. The second-order valence-corrected chi connectivity index (χ2v) is 6.73. The Bertz CT molecular complexity index is 371. The Morgan fingerprint density at radius 1 is 1.17 bits per heavy atom. The van der Waals surface area contributed by atoms with Gasteiger partial charge in [0.25, 0.3) is 0 Å². The van der Waals surface area contributed by atoms with E-state index in [0.717, 1.165) is 0 Å². The molecule has 0 amide bonds. The van der Waals surface area contributed by atoms with Crippen LogP contribution in [-0.4, -0.2) is 0 Å². The van der Waals surface area contributed by atoms with Gasteiger partial charge in [0, 0.05) is 0 Å². The number of benzene rings is 1. The first-order valence-electron chi connectivity index (χ1n) is 7.66. The summed E-state index contributed by atoms with van der Waals surface area (Å²) >= 11 is 0. The first kappa shape index (κ1) is 13.6. The summed E-state index contributed by atoms with van der Waals surface area (Å²) in [4.78, 5) is 0. The van der Waals surface area contributed by atoms with Crippen LogP contribution in [0.15, 0.2) is 24.3 Å². The van der Waals surface area contributed by atoms with Crippen molar-refractivity contribution in [1.29, 1.82) is 0 Å². The summed E-state index contributed by atoms with van der Waals surface area (Å²) in [6.07, 6.45) is 10.0. The molecule has 0 heteroatoms. The minimum Gasteiger partial charge on any atom is -0.0617 e. The molecule has 0 saturated heterocycles. The van der Waals surface area contributed by atoms with Crippen LogP contribution in [0.5, 0.6) is 0 Å². The number of hydrogen-bond donors (Lipinski definition) is 0. The maximum absolute atomic E-state index is 2.51. The summed E-state index contributed by atoms with van der Waals surface area (Å²) in [6, 6.07) is 9.04. The lowest BCUT2D eigenvalue weighted by atomic mass is 9.71. The molecule has 100 valence electrons. The molecule has 1 aliphatic carbocycles. The molecular formula is C18H28. The Morgan fingerprint density at radius 3 is 2.56 bits per heavy atom. The van der Waals surface area contributed by atoms with Crippen LogP contribution >= 0.6 is 0 Å². The molecule has 1 atom stereocenters. The fraction of sp³-hybridized carbons (Fsp3) is 0.667. The van der Waals surface area contributed by atoms with Crippen molar-refractivity contribution in [1.82, 2.24) is 0 Å². The Kier molecular flexibility index (Phi) is 4.48. The SMILES string of the molecule is Cc1cccc(C(C)CCC2(C)CCCCC2)c1. The first-order chi connectivity index (χ1) is 8.59. The molecule has 1 fully saturated rings. The van der Waals surface area contributed by atoms with Gasteiger partial charge < -0.3 is 0 Å². The maximum atomic E-state index is 2.51. The third-order valence-corrected chi connectivity index (χ3v) is 4.85. The van der Waals surface area contributed by atoms with Gasteiger partial charge >= 0.3 is 0 Å². The molecule has 0 bridgehead atoms.